The van der Waals surface area contributed by atoms with Gasteiger partial charge in [0, 0.05) is 37.2 Å². The van der Waals surface area contributed by atoms with E-state index in [2.05, 4.69) is 25.6 Å². The minimum Gasteiger partial charge on any atom is -0.325 e. The molecule has 3 heterocycles. The van der Waals surface area contributed by atoms with E-state index >= 15 is 0 Å². The van der Waals surface area contributed by atoms with Gasteiger partial charge in [0.1, 0.15) is 17.5 Å². The number of alkyl halides is 3. The quantitative estimate of drug-likeness (QED) is 0.898. The molecule has 1 aliphatic heterocycles. The highest BCUT2D eigenvalue weighted by atomic mass is 19.4. The Kier molecular flexibility index (Phi) is 3.64. The van der Waals surface area contributed by atoms with Crippen LogP contribution in [0.4, 0.5) is 24.8 Å². The van der Waals surface area contributed by atoms with Gasteiger partial charge in [-0.2, -0.15) is 13.2 Å². The zero-order valence-corrected chi connectivity index (χ0v) is 12.8. The Bertz CT molecular complexity index is 754. The number of nitrogens with zero attached hydrogens (tertiary/aromatic N) is 3. The van der Waals surface area contributed by atoms with Crippen molar-refractivity contribution in [2.24, 2.45) is 0 Å². The molecule has 2 N–H and O–H groups in total. The van der Waals surface area contributed by atoms with Crippen molar-refractivity contribution in [1.29, 1.82) is 0 Å². The van der Waals surface area contributed by atoms with Crippen LogP contribution in [-0.2, 0) is 6.18 Å². The summed E-state index contributed by atoms with van der Waals surface area (Å²) < 4.78 is 38.5. The second-order valence-electron chi connectivity index (χ2n) is 6.22. The van der Waals surface area contributed by atoms with Crippen molar-refractivity contribution in [2.45, 2.75) is 30.9 Å². The first-order valence-electron chi connectivity index (χ1n) is 7.89. The summed E-state index contributed by atoms with van der Waals surface area (Å²) in [6.45, 7) is 1.73. The van der Waals surface area contributed by atoms with Gasteiger partial charge >= 0.3 is 6.18 Å². The predicted octanol–water partition coefficient (Wildman–Crippen LogP) is 3.20. The number of hydrogen-bond acceptors (Lipinski definition) is 5. The molecule has 24 heavy (non-hydrogen) atoms. The molecule has 1 saturated carbocycles. The summed E-state index contributed by atoms with van der Waals surface area (Å²) >= 11 is 0. The van der Waals surface area contributed by atoms with Gasteiger partial charge in [0.15, 0.2) is 0 Å². The first-order chi connectivity index (χ1) is 11.5. The van der Waals surface area contributed by atoms with Gasteiger partial charge in [0.2, 0.25) is 0 Å². The fourth-order valence-corrected chi connectivity index (χ4v) is 2.59. The van der Waals surface area contributed by atoms with E-state index in [1.165, 1.54) is 0 Å². The molecule has 0 spiro atoms. The van der Waals surface area contributed by atoms with Crippen LogP contribution in [0.1, 0.15) is 41.8 Å². The van der Waals surface area contributed by atoms with Crippen LogP contribution in [0.15, 0.2) is 24.4 Å². The third-order valence-corrected chi connectivity index (χ3v) is 4.25. The van der Waals surface area contributed by atoms with Gasteiger partial charge in [0.05, 0.1) is 11.3 Å². The van der Waals surface area contributed by atoms with Crippen molar-refractivity contribution in [3.05, 3.63) is 41.5 Å². The van der Waals surface area contributed by atoms with Crippen molar-refractivity contribution in [1.82, 2.24) is 20.3 Å². The molecular formula is C16H16F3N5. The van der Waals surface area contributed by atoms with E-state index in [9.17, 15) is 13.2 Å². The van der Waals surface area contributed by atoms with Gasteiger partial charge in [-0.15, -0.1) is 0 Å². The standard InChI is InChI=1S/C16H16F3N5/c17-16(18,19)11-3-4-21-13(5-11)23-14-6-12(10-7-20-8-10)22-15(24-14)9-1-2-9/h3-6,9-10,20H,1-2,7-8H2,(H,21,22,23,24). The molecule has 5 nitrogen and oxygen atoms in total. The van der Waals surface area contributed by atoms with E-state index in [4.69, 9.17) is 0 Å². The van der Waals surface area contributed by atoms with Gasteiger partial charge in [0.25, 0.3) is 0 Å². The van der Waals surface area contributed by atoms with Gasteiger partial charge < -0.3 is 10.6 Å². The fraction of sp³-hybridized carbons (Fsp3) is 0.438. The van der Waals surface area contributed by atoms with E-state index < -0.39 is 11.7 Å². The maximum absolute atomic E-state index is 12.8. The Morgan fingerprint density at radius 1 is 1.04 bits per heavy atom. The number of halogens is 3. The molecule has 0 radical (unpaired) electrons. The number of nitrogens with one attached hydrogen (secondary N) is 2. The van der Waals surface area contributed by atoms with Gasteiger partial charge in [-0.25, -0.2) is 15.0 Å². The van der Waals surface area contributed by atoms with E-state index in [-0.39, 0.29) is 5.82 Å². The number of rotatable bonds is 4. The van der Waals surface area contributed by atoms with Gasteiger partial charge in [-0.3, -0.25) is 0 Å². The van der Waals surface area contributed by atoms with Crippen LogP contribution in [0, 0.1) is 0 Å². The first kappa shape index (κ1) is 15.3. The molecule has 0 bridgehead atoms. The predicted molar refractivity (Wildman–Crippen MR) is 82.1 cm³/mol. The lowest BCUT2D eigenvalue weighted by molar-refractivity contribution is -0.137. The number of anilines is 2. The topological polar surface area (TPSA) is 62.7 Å². The van der Waals surface area contributed by atoms with Crippen LogP contribution in [0.3, 0.4) is 0 Å². The van der Waals surface area contributed by atoms with Gasteiger partial charge in [-0.1, -0.05) is 0 Å². The molecule has 1 saturated heterocycles. The van der Waals surface area contributed by atoms with Crippen molar-refractivity contribution in [2.75, 3.05) is 18.4 Å². The largest absolute Gasteiger partial charge is 0.416 e. The second kappa shape index (κ2) is 5.70. The van der Waals surface area contributed by atoms with E-state index in [1.54, 1.807) is 6.07 Å². The molecule has 0 unspecified atom stereocenters. The second-order valence-corrected chi connectivity index (χ2v) is 6.22. The summed E-state index contributed by atoms with van der Waals surface area (Å²) in [5.41, 5.74) is 0.194. The summed E-state index contributed by atoms with van der Waals surface area (Å²) in [6.07, 6.45) is -1.13. The lowest BCUT2D eigenvalue weighted by atomic mass is 9.99. The Morgan fingerprint density at radius 2 is 1.83 bits per heavy atom. The summed E-state index contributed by atoms with van der Waals surface area (Å²) in [5, 5.41) is 6.10. The number of pyridine rings is 1. The van der Waals surface area contributed by atoms with Crippen molar-refractivity contribution in [3.8, 4) is 0 Å². The average Bonchev–Trinajstić information content (AvgIpc) is 3.29. The van der Waals surface area contributed by atoms with Crippen LogP contribution in [0.5, 0.6) is 0 Å². The summed E-state index contributed by atoms with van der Waals surface area (Å²) in [7, 11) is 0. The van der Waals surface area contributed by atoms with Crippen LogP contribution in [0.2, 0.25) is 0 Å². The Morgan fingerprint density at radius 3 is 2.46 bits per heavy atom. The highest BCUT2D eigenvalue weighted by Gasteiger charge is 2.31. The van der Waals surface area contributed by atoms with Crippen LogP contribution >= 0.6 is 0 Å². The Balaban J connectivity index is 1.63. The number of hydrogen-bond donors (Lipinski definition) is 2. The normalized spacial score (nSPS) is 18.3. The third kappa shape index (κ3) is 3.19. The molecule has 2 aliphatic rings. The lowest BCUT2D eigenvalue weighted by Gasteiger charge is -2.27. The monoisotopic (exact) mass is 335 g/mol. The van der Waals surface area contributed by atoms with E-state index in [0.717, 1.165) is 55.8 Å². The zero-order chi connectivity index (χ0) is 16.7. The minimum absolute atomic E-state index is 0.128. The molecule has 1 aliphatic carbocycles. The number of aromatic nitrogens is 3. The molecule has 8 heteroatoms. The molecule has 2 fully saturated rings. The first-order valence-corrected chi connectivity index (χ1v) is 7.89. The maximum Gasteiger partial charge on any atom is 0.416 e. The summed E-state index contributed by atoms with van der Waals surface area (Å²) in [5.74, 6) is 2.10. The molecule has 2 aromatic rings. The van der Waals surface area contributed by atoms with Crippen LogP contribution < -0.4 is 10.6 Å². The highest BCUT2D eigenvalue weighted by molar-refractivity contribution is 5.53. The molecule has 0 amide bonds. The van der Waals surface area contributed by atoms with Crippen molar-refractivity contribution >= 4 is 11.6 Å². The van der Waals surface area contributed by atoms with Gasteiger partial charge in [-0.05, 0) is 25.0 Å². The zero-order valence-electron chi connectivity index (χ0n) is 12.8. The Labute approximate surface area is 136 Å². The van der Waals surface area contributed by atoms with E-state index in [0.29, 0.717) is 17.7 Å². The molecule has 0 aromatic carbocycles. The van der Waals surface area contributed by atoms with Crippen molar-refractivity contribution < 1.29 is 13.2 Å². The minimum atomic E-state index is -4.40. The third-order valence-electron chi connectivity index (χ3n) is 4.25. The summed E-state index contributed by atoms with van der Waals surface area (Å²) in [6, 6.07) is 3.75. The van der Waals surface area contributed by atoms with Crippen LogP contribution in [0.25, 0.3) is 0 Å². The summed E-state index contributed by atoms with van der Waals surface area (Å²) in [4.78, 5) is 13.0. The molecule has 2 aromatic heterocycles. The average molecular weight is 335 g/mol. The smallest absolute Gasteiger partial charge is 0.325 e. The van der Waals surface area contributed by atoms with Crippen molar-refractivity contribution in [3.63, 3.8) is 0 Å². The van der Waals surface area contributed by atoms with E-state index in [1.807, 2.05) is 0 Å². The highest BCUT2D eigenvalue weighted by Crippen LogP contribution is 2.39. The maximum atomic E-state index is 12.8. The Hall–Kier alpha value is -2.22. The lowest BCUT2D eigenvalue weighted by Crippen LogP contribution is -2.40. The fourth-order valence-electron chi connectivity index (χ4n) is 2.59. The van der Waals surface area contributed by atoms with Crippen LogP contribution in [-0.4, -0.2) is 28.0 Å². The molecule has 0 atom stereocenters. The molecular weight excluding hydrogens is 319 g/mol. The molecule has 126 valence electrons. The SMILES string of the molecule is FC(F)(F)c1ccnc(Nc2cc(C3CNC3)nc(C3CC3)n2)c1. The molecule has 4 rings (SSSR count).